The number of aromatic hydroxyl groups is 1. The molecule has 0 unspecified atom stereocenters. The van der Waals surface area contributed by atoms with Gasteiger partial charge in [-0.05, 0) is 29.8 Å². The average molecular weight is 365 g/mol. The number of carbonyl (C=O) groups excluding carboxylic acids is 2. The van der Waals surface area contributed by atoms with Crippen LogP contribution in [0.2, 0.25) is 5.02 Å². The Morgan fingerprint density at radius 3 is 2.52 bits per heavy atom. The Morgan fingerprint density at radius 2 is 1.88 bits per heavy atom. The van der Waals surface area contributed by atoms with Gasteiger partial charge < -0.3 is 15.2 Å². The van der Waals surface area contributed by atoms with E-state index in [1.54, 1.807) is 12.1 Å². The van der Waals surface area contributed by atoms with E-state index in [1.807, 2.05) is 0 Å². The Morgan fingerprint density at radius 1 is 1.20 bits per heavy atom. The van der Waals surface area contributed by atoms with Gasteiger partial charge in [0, 0.05) is 11.1 Å². The molecule has 25 heavy (non-hydrogen) atoms. The number of ether oxygens (including phenoxy) is 1. The quantitative estimate of drug-likeness (QED) is 0.462. The summed E-state index contributed by atoms with van der Waals surface area (Å²) in [6.45, 7) is -0.597. The van der Waals surface area contributed by atoms with Crippen LogP contribution in [0.4, 0.5) is 11.4 Å². The Hall–Kier alpha value is -3.13. The van der Waals surface area contributed by atoms with Gasteiger partial charge >= 0.3 is 5.97 Å². The summed E-state index contributed by atoms with van der Waals surface area (Å²) in [6, 6.07) is 9.66. The van der Waals surface area contributed by atoms with E-state index in [4.69, 9.17) is 21.4 Å². The first-order valence-electron chi connectivity index (χ1n) is 7.02. The van der Waals surface area contributed by atoms with Crippen LogP contribution in [0.3, 0.4) is 0 Å². The molecule has 0 heterocycles. The van der Waals surface area contributed by atoms with Crippen molar-refractivity contribution in [3.63, 3.8) is 0 Å². The fourth-order valence-electron chi connectivity index (χ4n) is 1.93. The van der Waals surface area contributed by atoms with Gasteiger partial charge in [-0.2, -0.15) is 0 Å². The molecular formula is C16H13ClN2O6. The molecular weight excluding hydrogens is 352 g/mol. The summed E-state index contributed by atoms with van der Waals surface area (Å²) in [6.07, 6.45) is -0.0785. The van der Waals surface area contributed by atoms with Gasteiger partial charge in [-0.3, -0.25) is 19.7 Å². The monoisotopic (exact) mass is 364 g/mol. The van der Waals surface area contributed by atoms with Crippen LogP contribution in [0.15, 0.2) is 42.5 Å². The molecule has 0 atom stereocenters. The van der Waals surface area contributed by atoms with Gasteiger partial charge in [-0.25, -0.2) is 0 Å². The zero-order valence-corrected chi connectivity index (χ0v) is 13.5. The van der Waals surface area contributed by atoms with Crippen LogP contribution in [-0.4, -0.2) is 28.5 Å². The van der Waals surface area contributed by atoms with Crippen LogP contribution in [0, 0.1) is 10.1 Å². The molecule has 0 spiro atoms. The van der Waals surface area contributed by atoms with Crippen molar-refractivity contribution in [2.24, 2.45) is 0 Å². The summed E-state index contributed by atoms with van der Waals surface area (Å²) >= 11 is 5.76. The van der Waals surface area contributed by atoms with E-state index in [1.165, 1.54) is 24.3 Å². The maximum atomic E-state index is 11.8. The maximum absolute atomic E-state index is 11.8. The molecule has 0 aliphatic heterocycles. The number of rotatable bonds is 6. The van der Waals surface area contributed by atoms with Gasteiger partial charge in [0.1, 0.15) is 11.4 Å². The highest BCUT2D eigenvalue weighted by atomic mass is 35.5. The Balaban J connectivity index is 1.90. The molecule has 0 saturated carbocycles. The SMILES string of the molecule is O=C(COC(=O)Cc1ccc(O)cc1)Nc1cc(Cl)ccc1[N+](=O)[O-]. The van der Waals surface area contributed by atoms with E-state index in [-0.39, 0.29) is 28.6 Å². The first kappa shape index (κ1) is 18.2. The third-order valence-electron chi connectivity index (χ3n) is 3.08. The zero-order valence-electron chi connectivity index (χ0n) is 12.8. The number of esters is 1. The van der Waals surface area contributed by atoms with Crippen molar-refractivity contribution in [1.82, 2.24) is 0 Å². The number of nitrogens with zero attached hydrogens (tertiary/aromatic N) is 1. The molecule has 1 amide bonds. The minimum Gasteiger partial charge on any atom is -0.508 e. The Kier molecular flexibility index (Phi) is 5.91. The van der Waals surface area contributed by atoms with E-state index in [0.717, 1.165) is 6.07 Å². The second-order valence-corrected chi connectivity index (χ2v) is 5.41. The Bertz CT molecular complexity index is 807. The molecule has 0 bridgehead atoms. The van der Waals surface area contributed by atoms with Crippen LogP contribution in [0.5, 0.6) is 5.75 Å². The molecule has 9 heteroatoms. The Labute approximate surface area is 147 Å². The molecule has 130 valence electrons. The minimum atomic E-state index is -0.732. The van der Waals surface area contributed by atoms with E-state index in [0.29, 0.717) is 5.56 Å². The molecule has 2 aromatic rings. The van der Waals surface area contributed by atoms with Gasteiger partial charge in [0.05, 0.1) is 11.3 Å². The highest BCUT2D eigenvalue weighted by Crippen LogP contribution is 2.27. The van der Waals surface area contributed by atoms with E-state index >= 15 is 0 Å². The van der Waals surface area contributed by atoms with Crippen LogP contribution in [-0.2, 0) is 20.7 Å². The van der Waals surface area contributed by atoms with Gasteiger partial charge in [0.2, 0.25) is 0 Å². The number of halogens is 1. The molecule has 2 N–H and O–H groups in total. The van der Waals surface area contributed by atoms with Crippen molar-refractivity contribution in [3.8, 4) is 5.75 Å². The number of hydrogen-bond donors (Lipinski definition) is 2. The summed E-state index contributed by atoms with van der Waals surface area (Å²) in [5, 5.41) is 22.6. The lowest BCUT2D eigenvalue weighted by Crippen LogP contribution is -2.22. The number of nitrogens with one attached hydrogen (secondary N) is 1. The van der Waals surface area contributed by atoms with Gasteiger partial charge in [0.25, 0.3) is 11.6 Å². The minimum absolute atomic E-state index is 0.0691. The predicted molar refractivity (Wildman–Crippen MR) is 89.5 cm³/mol. The normalized spacial score (nSPS) is 10.1. The smallest absolute Gasteiger partial charge is 0.310 e. The predicted octanol–water partition coefficient (Wildman–Crippen LogP) is 2.68. The van der Waals surface area contributed by atoms with Crippen molar-refractivity contribution < 1.29 is 24.4 Å². The maximum Gasteiger partial charge on any atom is 0.310 e. The number of nitro groups is 1. The van der Waals surface area contributed by atoms with E-state index < -0.39 is 23.4 Å². The summed E-state index contributed by atoms with van der Waals surface area (Å²) in [4.78, 5) is 33.8. The molecule has 8 nitrogen and oxygen atoms in total. The molecule has 2 rings (SSSR count). The third kappa shape index (κ3) is 5.47. The number of phenolic OH excluding ortho intramolecular Hbond substituents is 1. The second-order valence-electron chi connectivity index (χ2n) is 4.97. The standard InChI is InChI=1S/C16H13ClN2O6/c17-11-3-6-14(19(23)24)13(8-11)18-15(21)9-25-16(22)7-10-1-4-12(20)5-2-10/h1-6,8,20H,7,9H2,(H,18,21). The number of benzene rings is 2. The van der Waals surface area contributed by atoms with Gasteiger partial charge in [-0.1, -0.05) is 23.7 Å². The topological polar surface area (TPSA) is 119 Å². The fourth-order valence-corrected chi connectivity index (χ4v) is 2.10. The number of amides is 1. The van der Waals surface area contributed by atoms with Gasteiger partial charge in [0.15, 0.2) is 6.61 Å². The fraction of sp³-hybridized carbons (Fsp3) is 0.125. The van der Waals surface area contributed by atoms with Gasteiger partial charge in [-0.15, -0.1) is 0 Å². The highest BCUT2D eigenvalue weighted by Gasteiger charge is 2.17. The number of hydrogen-bond acceptors (Lipinski definition) is 6. The lowest BCUT2D eigenvalue weighted by Gasteiger charge is -2.08. The van der Waals surface area contributed by atoms with E-state index in [9.17, 15) is 19.7 Å². The molecule has 0 aliphatic carbocycles. The first-order chi connectivity index (χ1) is 11.8. The average Bonchev–Trinajstić information content (AvgIpc) is 2.55. The number of anilines is 1. The van der Waals surface area contributed by atoms with Crippen molar-refractivity contribution in [3.05, 3.63) is 63.2 Å². The summed E-state index contributed by atoms with van der Waals surface area (Å²) in [5.41, 5.74) is 0.193. The second kappa shape index (κ2) is 8.11. The molecule has 0 fully saturated rings. The molecule has 2 aromatic carbocycles. The van der Waals surface area contributed by atoms with Crippen molar-refractivity contribution in [2.45, 2.75) is 6.42 Å². The third-order valence-corrected chi connectivity index (χ3v) is 3.31. The first-order valence-corrected chi connectivity index (χ1v) is 7.40. The number of nitro benzene ring substituents is 1. The van der Waals surface area contributed by atoms with Crippen LogP contribution in [0.25, 0.3) is 0 Å². The van der Waals surface area contributed by atoms with E-state index in [2.05, 4.69) is 5.32 Å². The zero-order chi connectivity index (χ0) is 18.4. The van der Waals surface area contributed by atoms with Crippen molar-refractivity contribution in [2.75, 3.05) is 11.9 Å². The lowest BCUT2D eigenvalue weighted by atomic mass is 10.1. The lowest BCUT2D eigenvalue weighted by molar-refractivity contribution is -0.383. The summed E-state index contributed by atoms with van der Waals surface area (Å²) < 4.78 is 4.82. The molecule has 0 saturated heterocycles. The number of phenols is 1. The van der Waals surface area contributed by atoms with Crippen molar-refractivity contribution >= 4 is 34.9 Å². The summed E-state index contributed by atoms with van der Waals surface area (Å²) in [5.74, 6) is -1.31. The number of carbonyl (C=O) groups is 2. The summed E-state index contributed by atoms with van der Waals surface area (Å²) in [7, 11) is 0. The van der Waals surface area contributed by atoms with Crippen LogP contribution < -0.4 is 5.32 Å². The largest absolute Gasteiger partial charge is 0.508 e. The van der Waals surface area contributed by atoms with Crippen LogP contribution in [0.1, 0.15) is 5.56 Å². The van der Waals surface area contributed by atoms with Crippen molar-refractivity contribution in [1.29, 1.82) is 0 Å². The van der Waals surface area contributed by atoms with Crippen LogP contribution >= 0.6 is 11.6 Å². The molecule has 0 aromatic heterocycles. The molecule has 0 aliphatic rings. The molecule has 0 radical (unpaired) electrons. The highest BCUT2D eigenvalue weighted by molar-refractivity contribution is 6.31.